The number of rotatable bonds is 8. The number of phenolic OH excluding ortho intramolecular Hbond substituents is 1. The third-order valence-electron chi connectivity index (χ3n) is 5.01. The molecule has 0 unspecified atom stereocenters. The van der Waals surface area contributed by atoms with Gasteiger partial charge in [-0.1, -0.05) is 48.2 Å². The van der Waals surface area contributed by atoms with Crippen LogP contribution in [0.15, 0.2) is 93.2 Å². The van der Waals surface area contributed by atoms with Crippen molar-refractivity contribution in [1.29, 1.82) is 0 Å². The van der Waals surface area contributed by atoms with E-state index in [0.717, 1.165) is 0 Å². The fourth-order valence-corrected chi connectivity index (χ4v) is 2.91. The van der Waals surface area contributed by atoms with Crippen LogP contribution in [-0.4, -0.2) is 36.9 Å². The minimum absolute atomic E-state index is 0. The van der Waals surface area contributed by atoms with Gasteiger partial charge >= 0.3 is 0 Å². The third kappa shape index (κ3) is 12.3. The second-order valence-corrected chi connectivity index (χ2v) is 7.24. The first-order valence-electron chi connectivity index (χ1n) is 11.2. The molecule has 0 aliphatic heterocycles. The van der Waals surface area contributed by atoms with Crippen LogP contribution >= 0.6 is 0 Å². The van der Waals surface area contributed by atoms with Crippen molar-refractivity contribution < 1.29 is 49.7 Å². The van der Waals surface area contributed by atoms with E-state index in [1.807, 2.05) is 18.2 Å². The molecule has 0 aromatic heterocycles. The number of benzene rings is 3. The molecule has 2 N–H and O–H groups in total. The zero-order valence-electron chi connectivity index (χ0n) is 20.9. The zero-order valence-corrected chi connectivity index (χ0v) is 22.3. The Labute approximate surface area is 229 Å². The summed E-state index contributed by atoms with van der Waals surface area (Å²) in [6.45, 7) is 10.5. The van der Waals surface area contributed by atoms with Crippen LogP contribution in [0, 0.1) is 0 Å². The maximum absolute atomic E-state index is 11.9. The van der Waals surface area contributed by atoms with Crippen LogP contribution in [0.25, 0.3) is 0 Å². The molecule has 3 aromatic rings. The average Bonchev–Trinajstić information content (AvgIpc) is 2.86. The molecule has 0 saturated heterocycles. The molecule has 0 saturated carbocycles. The number of nitrogens with one attached hydrogen (secondary N) is 1. The molecular weight excluding hydrogens is 513 g/mol. The Kier molecular flexibility index (Phi) is 18.9. The molecule has 0 amide bonds. The van der Waals surface area contributed by atoms with Crippen molar-refractivity contribution in [3.63, 3.8) is 0 Å². The van der Waals surface area contributed by atoms with Crippen LogP contribution < -0.4 is 15.1 Å². The fourth-order valence-electron chi connectivity index (χ4n) is 2.91. The van der Waals surface area contributed by atoms with E-state index in [-0.39, 0.29) is 52.1 Å². The van der Waals surface area contributed by atoms with Gasteiger partial charge in [0.2, 0.25) is 0 Å². The Hall–Kier alpha value is -3.54. The number of quaternary nitrogens is 1. The summed E-state index contributed by atoms with van der Waals surface area (Å²) < 4.78 is 0. The van der Waals surface area contributed by atoms with Gasteiger partial charge in [0.25, 0.3) is 0 Å². The molecule has 0 atom stereocenters. The Morgan fingerprint density at radius 3 is 1.97 bits per heavy atom. The summed E-state index contributed by atoms with van der Waals surface area (Å²) in [5.74, 6) is -1.19. The summed E-state index contributed by atoms with van der Waals surface area (Å²) in [5, 5.41) is 48.7. The predicted molar refractivity (Wildman–Crippen MR) is 133 cm³/mol. The first-order chi connectivity index (χ1) is 16.5. The number of hydrogen-bond acceptors (Lipinski definition) is 7. The Morgan fingerprint density at radius 1 is 0.838 bits per heavy atom. The molecule has 37 heavy (non-hydrogen) atoms. The van der Waals surface area contributed by atoms with Gasteiger partial charge in [-0.15, -0.1) is 0 Å². The average molecular weight is 544 g/mol. The first-order valence-corrected chi connectivity index (χ1v) is 11.2. The van der Waals surface area contributed by atoms with Crippen LogP contribution in [0.1, 0.15) is 31.9 Å². The molecule has 199 valence electrons. The summed E-state index contributed by atoms with van der Waals surface area (Å²) in [6, 6.07) is 19.5. The molecule has 1 radical (unpaired) electrons. The molecule has 10 nitrogen and oxygen atoms in total. The van der Waals surface area contributed by atoms with Gasteiger partial charge in [-0.3, -0.25) is 0 Å². The number of nitrogens with zero attached hydrogens (tertiary/aromatic N) is 4. The molecule has 0 spiro atoms. The fraction of sp³-hybridized carbons (Fsp3) is 0.231. The smallest absolute Gasteiger partial charge is 0.123 e. The quantitative estimate of drug-likeness (QED) is 0.192. The van der Waals surface area contributed by atoms with Crippen molar-refractivity contribution in [3.05, 3.63) is 83.9 Å². The monoisotopic (exact) mass is 543 g/mol. The van der Waals surface area contributed by atoms with Crippen LogP contribution in [0.2, 0.25) is 0 Å². The summed E-state index contributed by atoms with van der Waals surface area (Å²) >= 11 is 0. The SMILES string of the molecule is CC[NH+](CC)CC.[O-2].[O-2].[O-]/C(=N\N=C\c1cc(N=Nc2ccccc2)ccc1[O-])c1ccccc1O.[V]. The van der Waals surface area contributed by atoms with Gasteiger partial charge in [0.15, 0.2) is 0 Å². The van der Waals surface area contributed by atoms with Crippen molar-refractivity contribution >= 4 is 23.5 Å². The van der Waals surface area contributed by atoms with Crippen LogP contribution in [-0.2, 0) is 29.5 Å². The maximum Gasteiger partial charge on any atom is 0.123 e. The van der Waals surface area contributed by atoms with Gasteiger partial charge in [0.05, 0.1) is 37.2 Å². The third-order valence-corrected chi connectivity index (χ3v) is 5.01. The van der Waals surface area contributed by atoms with Crippen LogP contribution in [0.3, 0.4) is 0 Å². The minimum atomic E-state index is -0.711. The Bertz CT molecular complexity index is 1120. The van der Waals surface area contributed by atoms with Gasteiger partial charge in [-0.2, -0.15) is 20.4 Å². The second-order valence-electron chi connectivity index (χ2n) is 7.24. The maximum atomic E-state index is 11.9. The van der Waals surface area contributed by atoms with Crippen LogP contribution in [0.4, 0.5) is 11.4 Å². The van der Waals surface area contributed by atoms with Crippen molar-refractivity contribution in [2.45, 2.75) is 20.8 Å². The van der Waals surface area contributed by atoms with E-state index in [2.05, 4.69) is 41.2 Å². The molecule has 3 rings (SSSR count). The largest absolute Gasteiger partial charge is 2.00 e. The molecular formula is C26H30N5O5V-5. The Morgan fingerprint density at radius 2 is 1.41 bits per heavy atom. The summed E-state index contributed by atoms with van der Waals surface area (Å²) in [6.07, 6.45) is 1.17. The van der Waals surface area contributed by atoms with Crippen molar-refractivity contribution in [2.24, 2.45) is 20.4 Å². The number of para-hydroxylation sites is 1. The molecule has 11 heteroatoms. The van der Waals surface area contributed by atoms with Crippen molar-refractivity contribution in [2.75, 3.05) is 19.6 Å². The molecule has 0 bridgehead atoms. The van der Waals surface area contributed by atoms with Gasteiger partial charge < -0.3 is 31.2 Å². The summed E-state index contributed by atoms with van der Waals surface area (Å²) in [4.78, 5) is 1.68. The van der Waals surface area contributed by atoms with E-state index in [1.54, 1.807) is 29.2 Å². The topological polar surface area (TPSA) is 177 Å². The molecule has 0 aliphatic carbocycles. The van der Waals surface area contributed by atoms with Gasteiger partial charge in [-0.25, -0.2) is 0 Å². The number of hydrogen-bond donors (Lipinski definition) is 2. The number of aromatic hydroxyl groups is 1. The molecule has 3 aromatic carbocycles. The van der Waals surface area contributed by atoms with E-state index in [0.29, 0.717) is 11.4 Å². The predicted octanol–water partition coefficient (Wildman–Crippen LogP) is 2.71. The normalized spacial score (nSPS) is 10.8. The first kappa shape index (κ1) is 35.6. The summed E-state index contributed by atoms with van der Waals surface area (Å²) in [5.41, 5.74) is 1.39. The second kappa shape index (κ2) is 19.6. The van der Waals surface area contributed by atoms with Crippen molar-refractivity contribution in [1.82, 2.24) is 0 Å². The Balaban J connectivity index is 0. The van der Waals surface area contributed by atoms with E-state index in [9.17, 15) is 15.3 Å². The standard InChI is InChI=1S/C20H16N4O3.C6H15N.2O.V/c25-18-11-10-16(23-22-15-6-2-1-3-7-15)12-14(18)13-21-24-20(27)17-8-4-5-9-19(17)26;1-4-7(5-2)6-3;;;/h1-13,25-26H,(H,24,27);4-6H2,1-3H3;;;/q;;2*-2;/p-1/b21-13+,23-22?;;;;. The number of phenols is 1. The van der Waals surface area contributed by atoms with Crippen LogP contribution in [0.5, 0.6) is 11.5 Å². The van der Waals surface area contributed by atoms with Gasteiger partial charge in [0, 0.05) is 30.0 Å². The van der Waals surface area contributed by atoms with E-state index in [4.69, 9.17) is 0 Å². The van der Waals surface area contributed by atoms with Gasteiger partial charge in [0.1, 0.15) is 5.75 Å². The van der Waals surface area contributed by atoms with Gasteiger partial charge in [-0.05, 0) is 56.7 Å². The van der Waals surface area contributed by atoms with E-state index < -0.39 is 5.90 Å². The van der Waals surface area contributed by atoms with Crippen molar-refractivity contribution in [3.8, 4) is 11.5 Å². The molecule has 0 heterocycles. The molecule has 0 fully saturated rings. The number of azo groups is 1. The van der Waals surface area contributed by atoms with E-state index in [1.165, 1.54) is 56.2 Å². The minimum Gasteiger partial charge on any atom is -2.00 e. The zero-order chi connectivity index (χ0) is 24.8. The molecule has 0 aliphatic rings. The summed E-state index contributed by atoms with van der Waals surface area (Å²) in [7, 11) is 0. The van der Waals surface area contributed by atoms with E-state index >= 15 is 0 Å².